The molecule has 14 heteroatoms. The van der Waals surface area contributed by atoms with Gasteiger partial charge in [-0.2, -0.15) is 0 Å². The van der Waals surface area contributed by atoms with E-state index in [4.69, 9.17) is 19.4 Å². The van der Waals surface area contributed by atoms with Gasteiger partial charge >= 0.3 is 12.2 Å². The SMILES string of the molecule is COC(=O)NC(C(=O)N1CCCC1c1ncc(-c2ccc(-c3ccc(-c4cnc(C5CCCN5C(=O)C(NC(=O)OC)C(C)C)[nH]4)c4ccccc34)c3ccccc23)[nH]1)C(C)C. The van der Waals surface area contributed by atoms with Gasteiger partial charge in [0.15, 0.2) is 0 Å². The van der Waals surface area contributed by atoms with Crippen LogP contribution < -0.4 is 10.6 Å². The van der Waals surface area contributed by atoms with Crippen LogP contribution in [-0.4, -0.2) is 93.1 Å². The predicted molar refractivity (Wildman–Crippen MR) is 238 cm³/mol. The molecule has 0 bridgehead atoms. The van der Waals surface area contributed by atoms with Crippen molar-refractivity contribution in [2.75, 3.05) is 27.3 Å². The molecule has 8 rings (SSSR count). The van der Waals surface area contributed by atoms with Crippen LogP contribution in [-0.2, 0) is 19.1 Å². The van der Waals surface area contributed by atoms with Crippen molar-refractivity contribution in [3.8, 4) is 33.6 Å². The highest BCUT2D eigenvalue weighted by atomic mass is 16.5. The molecule has 2 aliphatic rings. The van der Waals surface area contributed by atoms with E-state index in [1.165, 1.54) is 14.2 Å². The number of imidazole rings is 2. The molecule has 2 aromatic heterocycles. The summed E-state index contributed by atoms with van der Waals surface area (Å²) in [6.07, 6.45) is 5.61. The molecule has 4 amide bonds. The number of aromatic amines is 2. The molecule has 4 unspecified atom stereocenters. The van der Waals surface area contributed by atoms with E-state index in [0.29, 0.717) is 24.7 Å². The van der Waals surface area contributed by atoms with Crippen molar-refractivity contribution in [3.63, 3.8) is 0 Å². The average Bonchev–Trinajstić information content (AvgIpc) is 4.13. The van der Waals surface area contributed by atoms with Crippen molar-refractivity contribution in [2.45, 2.75) is 77.5 Å². The van der Waals surface area contributed by atoms with Gasteiger partial charge in [0, 0.05) is 24.2 Å². The number of hydrogen-bond donors (Lipinski definition) is 4. The fourth-order valence-electron chi connectivity index (χ4n) is 9.21. The number of amides is 4. The van der Waals surface area contributed by atoms with Crippen LogP contribution in [0.15, 0.2) is 85.2 Å². The quantitative estimate of drug-likeness (QED) is 0.100. The molecule has 0 saturated carbocycles. The van der Waals surface area contributed by atoms with Crippen LogP contribution in [0.3, 0.4) is 0 Å². The minimum absolute atomic E-state index is 0.124. The summed E-state index contributed by atoms with van der Waals surface area (Å²) in [4.78, 5) is 72.2. The number of fused-ring (bicyclic) bond motifs is 2. The van der Waals surface area contributed by atoms with Crippen LogP contribution in [0.5, 0.6) is 0 Å². The molecule has 322 valence electrons. The minimum atomic E-state index is -0.710. The zero-order chi connectivity index (χ0) is 43.7. The van der Waals surface area contributed by atoms with Gasteiger partial charge in [0.05, 0.1) is 50.1 Å². The number of H-pyrrole nitrogens is 2. The van der Waals surface area contributed by atoms with Crippen LogP contribution in [0.2, 0.25) is 0 Å². The highest BCUT2D eigenvalue weighted by Gasteiger charge is 2.39. The number of likely N-dealkylation sites (tertiary alicyclic amines) is 2. The summed E-state index contributed by atoms with van der Waals surface area (Å²) in [6.45, 7) is 8.78. The van der Waals surface area contributed by atoms with E-state index >= 15 is 0 Å². The molecule has 4 atom stereocenters. The first kappa shape index (κ1) is 42.0. The molecular weight excluding hydrogens is 785 g/mol. The standard InChI is InChI=1S/C48H54N8O6/c1-27(2)41(53-47(59)61-5)45(57)55-23-11-17-39(55)43-49-25-37(51-43)35-21-19-33(29-13-7-9-15-31(29)35)34-20-22-36(32-16-10-8-14-30(32)34)38-26-50-44(52-38)40-18-12-24-56(40)46(58)42(28(3)4)54-48(60)62-6/h7-10,13-16,19-22,25-28,39-42H,11-12,17-18,23-24H2,1-6H3,(H,49,51)(H,50,52)(H,53,59)(H,54,60). The van der Waals surface area contributed by atoms with Crippen molar-refractivity contribution < 1.29 is 28.7 Å². The van der Waals surface area contributed by atoms with Gasteiger partial charge in [-0.1, -0.05) is 100 Å². The smallest absolute Gasteiger partial charge is 0.407 e. The molecular formula is C48H54N8O6. The maximum atomic E-state index is 13.8. The number of nitrogens with one attached hydrogen (secondary N) is 4. The van der Waals surface area contributed by atoms with Crippen LogP contribution in [0.4, 0.5) is 9.59 Å². The summed E-state index contributed by atoms with van der Waals surface area (Å²) in [5, 5.41) is 9.74. The summed E-state index contributed by atoms with van der Waals surface area (Å²) >= 11 is 0. The Morgan fingerprint density at radius 1 is 0.581 bits per heavy atom. The fraction of sp³-hybridized carbons (Fsp3) is 0.375. The maximum Gasteiger partial charge on any atom is 0.407 e. The summed E-state index contributed by atoms with van der Waals surface area (Å²) < 4.78 is 9.61. The normalized spacial score (nSPS) is 17.5. The van der Waals surface area contributed by atoms with E-state index in [-0.39, 0.29) is 35.7 Å². The first-order valence-electron chi connectivity index (χ1n) is 21.4. The number of carbonyl (C=O) groups excluding carboxylic acids is 4. The van der Waals surface area contributed by atoms with Crippen LogP contribution in [0, 0.1) is 11.8 Å². The summed E-state index contributed by atoms with van der Waals surface area (Å²) in [5.74, 6) is 0.884. The Labute approximate surface area is 360 Å². The number of aromatic nitrogens is 4. The Kier molecular flexibility index (Phi) is 12.0. The second-order valence-corrected chi connectivity index (χ2v) is 16.9. The number of rotatable bonds is 11. The molecule has 4 heterocycles. The number of nitrogens with zero attached hydrogens (tertiary/aromatic N) is 4. The average molecular weight is 839 g/mol. The molecule has 2 aliphatic heterocycles. The van der Waals surface area contributed by atoms with Gasteiger partial charge in [0.2, 0.25) is 11.8 Å². The third-order valence-electron chi connectivity index (χ3n) is 12.4. The Balaban J connectivity index is 1.08. The lowest BCUT2D eigenvalue weighted by Gasteiger charge is -2.30. The predicted octanol–water partition coefficient (Wildman–Crippen LogP) is 8.53. The topological polar surface area (TPSA) is 175 Å². The van der Waals surface area contributed by atoms with E-state index in [0.717, 1.165) is 80.9 Å². The number of ether oxygens (including phenoxy) is 2. The highest BCUT2D eigenvalue weighted by molar-refractivity contribution is 6.11. The first-order valence-corrected chi connectivity index (χ1v) is 21.4. The molecule has 0 aliphatic carbocycles. The zero-order valence-corrected chi connectivity index (χ0v) is 36.0. The molecule has 0 radical (unpaired) electrons. The van der Waals surface area contributed by atoms with Crippen molar-refractivity contribution in [1.82, 2.24) is 40.4 Å². The Morgan fingerprint density at radius 2 is 0.935 bits per heavy atom. The van der Waals surface area contributed by atoms with Gasteiger partial charge in [-0.05, 0) is 70.2 Å². The van der Waals surface area contributed by atoms with Gasteiger partial charge in [-0.15, -0.1) is 0 Å². The van der Waals surface area contributed by atoms with E-state index < -0.39 is 24.3 Å². The van der Waals surface area contributed by atoms with Gasteiger partial charge in [-0.3, -0.25) is 9.59 Å². The first-order chi connectivity index (χ1) is 30.0. The van der Waals surface area contributed by atoms with Gasteiger partial charge in [0.25, 0.3) is 0 Å². The van der Waals surface area contributed by atoms with Crippen molar-refractivity contribution in [1.29, 1.82) is 0 Å². The third-order valence-corrected chi connectivity index (χ3v) is 12.4. The second-order valence-electron chi connectivity index (χ2n) is 16.9. The number of alkyl carbamates (subject to hydrolysis) is 2. The minimum Gasteiger partial charge on any atom is -0.453 e. The molecule has 0 spiro atoms. The third kappa shape index (κ3) is 7.96. The molecule has 4 N–H and O–H groups in total. The van der Waals surface area contributed by atoms with Crippen molar-refractivity contribution in [3.05, 3.63) is 96.8 Å². The number of carbonyl (C=O) groups is 4. The second kappa shape index (κ2) is 17.7. The van der Waals surface area contributed by atoms with E-state index in [2.05, 4.69) is 81.3 Å². The Hall–Kier alpha value is -6.70. The zero-order valence-electron chi connectivity index (χ0n) is 36.0. The molecule has 6 aromatic rings. The molecule has 2 fully saturated rings. The molecule has 14 nitrogen and oxygen atoms in total. The van der Waals surface area contributed by atoms with Gasteiger partial charge < -0.3 is 39.9 Å². The van der Waals surface area contributed by atoms with E-state index in [9.17, 15) is 19.2 Å². The largest absolute Gasteiger partial charge is 0.453 e. The van der Waals surface area contributed by atoms with Crippen molar-refractivity contribution in [2.24, 2.45) is 11.8 Å². The monoisotopic (exact) mass is 838 g/mol. The van der Waals surface area contributed by atoms with Crippen LogP contribution >= 0.6 is 0 Å². The molecule has 4 aromatic carbocycles. The number of methoxy groups -OCH3 is 2. The summed E-state index contributed by atoms with van der Waals surface area (Å²) in [5.41, 5.74) is 5.88. The lowest BCUT2D eigenvalue weighted by molar-refractivity contribution is -0.136. The molecule has 62 heavy (non-hydrogen) atoms. The lowest BCUT2D eigenvalue weighted by atomic mass is 9.89. The number of hydrogen-bond acceptors (Lipinski definition) is 8. The Bertz CT molecular complexity index is 2450. The highest BCUT2D eigenvalue weighted by Crippen LogP contribution is 2.42. The lowest BCUT2D eigenvalue weighted by Crippen LogP contribution is -2.51. The van der Waals surface area contributed by atoms with Crippen LogP contribution in [0.1, 0.15) is 77.1 Å². The van der Waals surface area contributed by atoms with E-state index in [1.807, 2.05) is 62.0 Å². The summed E-state index contributed by atoms with van der Waals surface area (Å²) in [6, 6.07) is 23.4. The van der Waals surface area contributed by atoms with Crippen LogP contribution in [0.25, 0.3) is 55.2 Å². The van der Waals surface area contributed by atoms with Crippen molar-refractivity contribution >= 4 is 45.5 Å². The maximum absolute atomic E-state index is 13.8. The fourth-order valence-corrected chi connectivity index (χ4v) is 9.21. The summed E-state index contributed by atoms with van der Waals surface area (Å²) in [7, 11) is 2.59. The number of benzene rings is 4. The molecule has 2 saturated heterocycles. The van der Waals surface area contributed by atoms with Gasteiger partial charge in [0.1, 0.15) is 23.7 Å². The van der Waals surface area contributed by atoms with E-state index in [1.54, 1.807) is 0 Å². The Morgan fingerprint density at radius 3 is 1.29 bits per heavy atom. The van der Waals surface area contributed by atoms with Gasteiger partial charge in [-0.25, -0.2) is 19.6 Å².